The number of hydrogen-bond donors (Lipinski definition) is 1. The van der Waals surface area contributed by atoms with Crippen molar-refractivity contribution < 1.29 is 4.79 Å². The summed E-state index contributed by atoms with van der Waals surface area (Å²) in [6.45, 7) is 1.93. The molecular formula is C20H18ClN3O. The summed E-state index contributed by atoms with van der Waals surface area (Å²) in [5, 5.41) is 3.57. The molecule has 0 atom stereocenters. The lowest BCUT2D eigenvalue weighted by Crippen LogP contribution is -2.19. The molecule has 4 nitrogen and oxygen atoms in total. The second-order valence-corrected chi connectivity index (χ2v) is 6.13. The molecule has 0 spiro atoms. The largest absolute Gasteiger partial charge is 0.344 e. The van der Waals surface area contributed by atoms with Crippen LogP contribution in [0.3, 0.4) is 0 Å². The van der Waals surface area contributed by atoms with Gasteiger partial charge in [0.15, 0.2) is 0 Å². The normalized spacial score (nSPS) is 10.4. The number of pyridine rings is 1. The molecule has 0 saturated heterocycles. The maximum Gasteiger partial charge on any atom is 0.258 e. The first kappa shape index (κ1) is 17.0. The summed E-state index contributed by atoms with van der Waals surface area (Å²) in [7, 11) is 1.93. The van der Waals surface area contributed by atoms with Gasteiger partial charge in [-0.05, 0) is 55.0 Å². The number of nitrogens with one attached hydrogen (secondary N) is 1. The van der Waals surface area contributed by atoms with Gasteiger partial charge in [0.25, 0.3) is 5.91 Å². The molecular weight excluding hydrogens is 334 g/mol. The molecule has 126 valence electrons. The molecule has 5 heteroatoms. The Morgan fingerprint density at radius 3 is 2.40 bits per heavy atom. The van der Waals surface area contributed by atoms with Gasteiger partial charge in [-0.15, -0.1) is 0 Å². The Kier molecular flexibility index (Phi) is 5.00. The van der Waals surface area contributed by atoms with E-state index in [2.05, 4.69) is 10.3 Å². The third-order valence-electron chi connectivity index (χ3n) is 3.99. The van der Waals surface area contributed by atoms with Crippen molar-refractivity contribution in [2.24, 2.45) is 0 Å². The fourth-order valence-electron chi connectivity index (χ4n) is 2.66. The minimum atomic E-state index is -0.156. The van der Waals surface area contributed by atoms with Crippen molar-refractivity contribution in [3.8, 4) is 0 Å². The van der Waals surface area contributed by atoms with Crippen LogP contribution in [0.1, 0.15) is 15.9 Å². The topological polar surface area (TPSA) is 45.2 Å². The number of nitrogens with zero attached hydrogens (tertiary/aromatic N) is 2. The highest BCUT2D eigenvalue weighted by molar-refractivity contribution is 6.30. The Labute approximate surface area is 152 Å². The molecule has 3 rings (SSSR count). The SMILES string of the molecule is Cc1cccc(N(C)c2ccncc2)c1C(=O)Nc1ccc(Cl)cc1. The number of carbonyl (C=O) groups is 1. The fourth-order valence-corrected chi connectivity index (χ4v) is 2.79. The summed E-state index contributed by atoms with van der Waals surface area (Å²) in [4.78, 5) is 18.9. The highest BCUT2D eigenvalue weighted by Gasteiger charge is 2.18. The van der Waals surface area contributed by atoms with Crippen LogP contribution in [-0.4, -0.2) is 17.9 Å². The average molecular weight is 352 g/mol. The molecule has 1 aromatic heterocycles. The molecule has 25 heavy (non-hydrogen) atoms. The zero-order chi connectivity index (χ0) is 17.8. The van der Waals surface area contributed by atoms with E-state index in [9.17, 15) is 4.79 Å². The van der Waals surface area contributed by atoms with Gasteiger partial charge < -0.3 is 10.2 Å². The van der Waals surface area contributed by atoms with Gasteiger partial charge in [-0.1, -0.05) is 23.7 Å². The van der Waals surface area contributed by atoms with Gasteiger partial charge >= 0.3 is 0 Å². The molecule has 0 saturated carbocycles. The number of aryl methyl sites for hydroxylation is 1. The monoisotopic (exact) mass is 351 g/mol. The van der Waals surface area contributed by atoms with Crippen molar-refractivity contribution in [2.75, 3.05) is 17.3 Å². The van der Waals surface area contributed by atoms with Gasteiger partial charge in [-0.3, -0.25) is 9.78 Å². The molecule has 1 heterocycles. The van der Waals surface area contributed by atoms with Crippen LogP contribution in [0.25, 0.3) is 0 Å². The molecule has 0 aliphatic carbocycles. The minimum absolute atomic E-state index is 0.156. The summed E-state index contributed by atoms with van der Waals surface area (Å²) in [5.41, 5.74) is 4.04. The zero-order valence-corrected chi connectivity index (χ0v) is 14.8. The van der Waals surface area contributed by atoms with E-state index in [-0.39, 0.29) is 5.91 Å². The quantitative estimate of drug-likeness (QED) is 0.714. The van der Waals surface area contributed by atoms with Crippen LogP contribution in [0.15, 0.2) is 67.0 Å². The van der Waals surface area contributed by atoms with Gasteiger partial charge in [0, 0.05) is 35.8 Å². The van der Waals surface area contributed by atoms with Crippen molar-refractivity contribution >= 4 is 34.6 Å². The Hall–Kier alpha value is -2.85. The highest BCUT2D eigenvalue weighted by atomic mass is 35.5. The minimum Gasteiger partial charge on any atom is -0.344 e. The first-order valence-electron chi connectivity index (χ1n) is 7.86. The Morgan fingerprint density at radius 2 is 1.72 bits per heavy atom. The van der Waals surface area contributed by atoms with Crippen molar-refractivity contribution in [1.82, 2.24) is 4.98 Å². The summed E-state index contributed by atoms with van der Waals surface area (Å²) < 4.78 is 0. The van der Waals surface area contributed by atoms with Crippen LogP contribution in [-0.2, 0) is 0 Å². The molecule has 3 aromatic rings. The van der Waals surface area contributed by atoms with Crippen LogP contribution in [0.4, 0.5) is 17.1 Å². The standard InChI is InChI=1S/C20H18ClN3O/c1-14-4-3-5-18(24(2)17-10-12-22-13-11-17)19(14)20(25)23-16-8-6-15(21)7-9-16/h3-13H,1-2H3,(H,23,25). The van der Waals surface area contributed by atoms with E-state index in [0.29, 0.717) is 16.3 Å². The number of halogens is 1. The third kappa shape index (κ3) is 3.80. The number of hydrogen-bond acceptors (Lipinski definition) is 3. The first-order valence-corrected chi connectivity index (χ1v) is 8.24. The summed E-state index contributed by atoms with van der Waals surface area (Å²) in [6.07, 6.45) is 3.46. The number of carbonyl (C=O) groups excluding carboxylic acids is 1. The first-order chi connectivity index (χ1) is 12.1. The summed E-state index contributed by atoms with van der Waals surface area (Å²) in [6, 6.07) is 16.7. The molecule has 0 fully saturated rings. The van der Waals surface area contributed by atoms with E-state index in [1.807, 2.05) is 49.2 Å². The number of anilines is 3. The van der Waals surface area contributed by atoms with E-state index in [0.717, 1.165) is 16.9 Å². The molecule has 1 amide bonds. The van der Waals surface area contributed by atoms with E-state index in [4.69, 9.17) is 11.6 Å². The van der Waals surface area contributed by atoms with Gasteiger partial charge in [0.1, 0.15) is 0 Å². The van der Waals surface area contributed by atoms with Crippen LogP contribution in [0.5, 0.6) is 0 Å². The zero-order valence-electron chi connectivity index (χ0n) is 14.0. The second kappa shape index (κ2) is 7.36. The predicted octanol–water partition coefficient (Wildman–Crippen LogP) is 5.06. The molecule has 2 aromatic carbocycles. The van der Waals surface area contributed by atoms with Gasteiger partial charge in [0.2, 0.25) is 0 Å². The second-order valence-electron chi connectivity index (χ2n) is 5.69. The van der Waals surface area contributed by atoms with Crippen molar-refractivity contribution in [3.05, 3.63) is 83.1 Å². The number of amides is 1. The number of aromatic nitrogens is 1. The van der Waals surface area contributed by atoms with Gasteiger partial charge in [-0.2, -0.15) is 0 Å². The lowest BCUT2D eigenvalue weighted by molar-refractivity contribution is 0.102. The summed E-state index contributed by atoms with van der Waals surface area (Å²) >= 11 is 5.90. The molecule has 0 aliphatic rings. The molecule has 0 aliphatic heterocycles. The van der Waals surface area contributed by atoms with Crippen molar-refractivity contribution in [2.45, 2.75) is 6.92 Å². The van der Waals surface area contributed by atoms with Gasteiger partial charge in [-0.25, -0.2) is 0 Å². The Morgan fingerprint density at radius 1 is 1.04 bits per heavy atom. The van der Waals surface area contributed by atoms with E-state index in [1.165, 1.54) is 0 Å². The smallest absolute Gasteiger partial charge is 0.258 e. The molecule has 0 unspecified atom stereocenters. The summed E-state index contributed by atoms with van der Waals surface area (Å²) in [5.74, 6) is -0.156. The van der Waals surface area contributed by atoms with E-state index >= 15 is 0 Å². The van der Waals surface area contributed by atoms with E-state index < -0.39 is 0 Å². The number of benzene rings is 2. The maximum atomic E-state index is 12.9. The Bertz CT molecular complexity index is 879. The lowest BCUT2D eigenvalue weighted by Gasteiger charge is -2.23. The fraction of sp³-hybridized carbons (Fsp3) is 0.100. The van der Waals surface area contributed by atoms with Crippen LogP contribution in [0, 0.1) is 6.92 Å². The molecule has 0 bridgehead atoms. The van der Waals surface area contributed by atoms with Crippen LogP contribution < -0.4 is 10.2 Å². The van der Waals surface area contributed by atoms with Crippen LogP contribution in [0.2, 0.25) is 5.02 Å². The average Bonchev–Trinajstić information content (AvgIpc) is 2.63. The predicted molar refractivity (Wildman–Crippen MR) is 103 cm³/mol. The van der Waals surface area contributed by atoms with Crippen molar-refractivity contribution in [3.63, 3.8) is 0 Å². The third-order valence-corrected chi connectivity index (χ3v) is 4.24. The molecule has 0 radical (unpaired) electrons. The van der Waals surface area contributed by atoms with Crippen LogP contribution >= 0.6 is 11.6 Å². The lowest BCUT2D eigenvalue weighted by atomic mass is 10.0. The maximum absolute atomic E-state index is 12.9. The Balaban J connectivity index is 1.95. The molecule has 1 N–H and O–H groups in total. The highest BCUT2D eigenvalue weighted by Crippen LogP contribution is 2.29. The van der Waals surface area contributed by atoms with E-state index in [1.54, 1.807) is 36.7 Å². The number of rotatable bonds is 4. The van der Waals surface area contributed by atoms with Gasteiger partial charge in [0.05, 0.1) is 11.3 Å². The van der Waals surface area contributed by atoms with Crippen molar-refractivity contribution in [1.29, 1.82) is 0 Å².